The van der Waals surface area contributed by atoms with Crippen molar-refractivity contribution in [3.8, 4) is 0 Å². The van der Waals surface area contributed by atoms with Crippen molar-refractivity contribution in [3.63, 3.8) is 0 Å². The van der Waals surface area contributed by atoms with E-state index in [1.165, 1.54) is 15.6 Å². The molecule has 0 aromatic carbocycles. The third-order valence-corrected chi connectivity index (χ3v) is 3.27. The van der Waals surface area contributed by atoms with Crippen LogP contribution in [0.15, 0.2) is 0 Å². The van der Waals surface area contributed by atoms with Crippen LogP contribution >= 0.6 is 11.3 Å². The van der Waals surface area contributed by atoms with Gasteiger partial charge in [-0.15, -0.1) is 11.3 Å². The van der Waals surface area contributed by atoms with Gasteiger partial charge in [0.2, 0.25) is 0 Å². The molecule has 0 atom stereocenters. The van der Waals surface area contributed by atoms with Crippen LogP contribution in [0.5, 0.6) is 0 Å². The number of thiazole rings is 1. The van der Waals surface area contributed by atoms with Crippen molar-refractivity contribution in [2.45, 2.75) is 39.7 Å². The summed E-state index contributed by atoms with van der Waals surface area (Å²) in [5, 5.41) is 1.23. The lowest BCUT2D eigenvalue weighted by molar-refractivity contribution is 0.186. The number of nitrogens with zero attached hydrogens (tertiary/aromatic N) is 1. The van der Waals surface area contributed by atoms with Crippen LogP contribution in [0.1, 0.15) is 42.3 Å². The molecule has 0 radical (unpaired) electrons. The second kappa shape index (κ2) is 4.72. The summed E-state index contributed by atoms with van der Waals surface area (Å²) in [6.07, 6.45) is 1.00. The Morgan fingerprint density at radius 1 is 1.46 bits per heavy atom. The van der Waals surface area contributed by atoms with Gasteiger partial charge in [-0.25, -0.2) is 4.98 Å². The quantitative estimate of drug-likeness (QED) is 0.743. The molecule has 1 aromatic rings. The standard InChI is InChI=1S/C10H17NOS/c1-5-8-9(6-12-4)13-10(11-8)7(2)3/h7H,5-6H2,1-4H3. The lowest BCUT2D eigenvalue weighted by Crippen LogP contribution is -1.90. The van der Waals surface area contributed by atoms with Gasteiger partial charge < -0.3 is 4.74 Å². The van der Waals surface area contributed by atoms with Gasteiger partial charge in [0.05, 0.1) is 22.2 Å². The molecule has 0 bridgehead atoms. The zero-order valence-corrected chi connectivity index (χ0v) is 9.57. The van der Waals surface area contributed by atoms with Crippen LogP contribution in [0.3, 0.4) is 0 Å². The number of rotatable bonds is 4. The van der Waals surface area contributed by atoms with E-state index in [1.54, 1.807) is 18.4 Å². The van der Waals surface area contributed by atoms with E-state index in [0.29, 0.717) is 12.5 Å². The summed E-state index contributed by atoms with van der Waals surface area (Å²) in [5.74, 6) is 0.529. The van der Waals surface area contributed by atoms with Crippen LogP contribution in [0, 0.1) is 0 Å². The molecule has 0 unspecified atom stereocenters. The van der Waals surface area contributed by atoms with E-state index in [-0.39, 0.29) is 0 Å². The summed E-state index contributed by atoms with van der Waals surface area (Å²) in [6, 6.07) is 0. The van der Waals surface area contributed by atoms with E-state index in [2.05, 4.69) is 25.8 Å². The van der Waals surface area contributed by atoms with Gasteiger partial charge in [-0.05, 0) is 6.42 Å². The fraction of sp³-hybridized carbons (Fsp3) is 0.700. The molecule has 74 valence electrons. The zero-order chi connectivity index (χ0) is 9.84. The van der Waals surface area contributed by atoms with E-state index in [0.717, 1.165) is 6.42 Å². The zero-order valence-electron chi connectivity index (χ0n) is 8.76. The number of hydrogen-bond donors (Lipinski definition) is 0. The molecule has 0 saturated heterocycles. The van der Waals surface area contributed by atoms with Gasteiger partial charge >= 0.3 is 0 Å². The van der Waals surface area contributed by atoms with E-state index in [9.17, 15) is 0 Å². The normalized spacial score (nSPS) is 11.2. The third kappa shape index (κ3) is 2.51. The molecule has 1 heterocycles. The number of aromatic nitrogens is 1. The lowest BCUT2D eigenvalue weighted by atomic mass is 10.2. The Hall–Kier alpha value is -0.410. The summed E-state index contributed by atoms with van der Waals surface area (Å²) >= 11 is 1.78. The minimum atomic E-state index is 0.529. The number of methoxy groups -OCH3 is 1. The third-order valence-electron chi connectivity index (χ3n) is 1.90. The maximum atomic E-state index is 5.13. The van der Waals surface area contributed by atoms with Crippen LogP contribution in [0.25, 0.3) is 0 Å². The molecule has 13 heavy (non-hydrogen) atoms. The molecule has 0 spiro atoms. The van der Waals surface area contributed by atoms with Gasteiger partial charge in [-0.3, -0.25) is 0 Å². The van der Waals surface area contributed by atoms with Gasteiger partial charge in [0.1, 0.15) is 0 Å². The van der Waals surface area contributed by atoms with Crippen LogP contribution < -0.4 is 0 Å². The largest absolute Gasteiger partial charge is 0.379 e. The summed E-state index contributed by atoms with van der Waals surface area (Å²) in [4.78, 5) is 5.87. The number of aryl methyl sites for hydroxylation is 1. The molecule has 2 nitrogen and oxygen atoms in total. The molecule has 0 N–H and O–H groups in total. The highest BCUT2D eigenvalue weighted by Gasteiger charge is 2.11. The molecule has 0 fully saturated rings. The Kier molecular flexibility index (Phi) is 3.88. The summed E-state index contributed by atoms with van der Waals surface area (Å²) < 4.78 is 5.13. The van der Waals surface area contributed by atoms with Crippen LogP contribution in [0.2, 0.25) is 0 Å². The van der Waals surface area contributed by atoms with E-state index < -0.39 is 0 Å². The van der Waals surface area contributed by atoms with Gasteiger partial charge in [0.15, 0.2) is 0 Å². The summed E-state index contributed by atoms with van der Waals surface area (Å²) in [6.45, 7) is 7.19. The molecule has 1 aromatic heterocycles. The van der Waals surface area contributed by atoms with Crippen molar-refractivity contribution in [1.29, 1.82) is 0 Å². The van der Waals surface area contributed by atoms with Crippen LogP contribution in [-0.2, 0) is 17.8 Å². The molecule has 0 aliphatic carbocycles. The second-order valence-electron chi connectivity index (χ2n) is 3.36. The van der Waals surface area contributed by atoms with Crippen molar-refractivity contribution in [2.75, 3.05) is 7.11 Å². The first-order chi connectivity index (χ1) is 6.19. The minimum Gasteiger partial charge on any atom is -0.379 e. The van der Waals surface area contributed by atoms with Gasteiger partial charge in [-0.2, -0.15) is 0 Å². The monoisotopic (exact) mass is 199 g/mol. The van der Waals surface area contributed by atoms with Crippen molar-refractivity contribution in [3.05, 3.63) is 15.6 Å². The molecular weight excluding hydrogens is 182 g/mol. The highest BCUT2D eigenvalue weighted by atomic mass is 32.1. The Morgan fingerprint density at radius 3 is 2.62 bits per heavy atom. The van der Waals surface area contributed by atoms with E-state index >= 15 is 0 Å². The summed E-state index contributed by atoms with van der Waals surface area (Å²) in [5.41, 5.74) is 1.20. The second-order valence-corrected chi connectivity index (χ2v) is 4.48. The average molecular weight is 199 g/mol. The van der Waals surface area contributed by atoms with Crippen LogP contribution in [0.4, 0.5) is 0 Å². The number of hydrogen-bond acceptors (Lipinski definition) is 3. The summed E-state index contributed by atoms with van der Waals surface area (Å²) in [7, 11) is 1.73. The predicted octanol–water partition coefficient (Wildman–Crippen LogP) is 2.98. The molecule has 3 heteroatoms. The highest BCUT2D eigenvalue weighted by Crippen LogP contribution is 2.25. The Labute approximate surface area is 84.0 Å². The Balaban J connectivity index is 2.90. The molecule has 0 aliphatic rings. The minimum absolute atomic E-state index is 0.529. The van der Waals surface area contributed by atoms with Gasteiger partial charge in [-0.1, -0.05) is 20.8 Å². The predicted molar refractivity (Wildman–Crippen MR) is 56.3 cm³/mol. The topological polar surface area (TPSA) is 22.1 Å². The van der Waals surface area contributed by atoms with Crippen molar-refractivity contribution in [1.82, 2.24) is 4.98 Å². The molecule has 0 aliphatic heterocycles. The van der Waals surface area contributed by atoms with E-state index in [4.69, 9.17) is 4.74 Å². The smallest absolute Gasteiger partial charge is 0.0957 e. The fourth-order valence-electron chi connectivity index (χ4n) is 1.17. The SMILES string of the molecule is CCc1nc(C(C)C)sc1COC. The fourth-order valence-corrected chi connectivity index (χ4v) is 2.30. The maximum Gasteiger partial charge on any atom is 0.0957 e. The van der Waals surface area contributed by atoms with Crippen molar-refractivity contribution < 1.29 is 4.74 Å². The lowest BCUT2D eigenvalue weighted by Gasteiger charge is -1.95. The van der Waals surface area contributed by atoms with Crippen molar-refractivity contribution >= 4 is 11.3 Å². The average Bonchev–Trinajstić information content (AvgIpc) is 2.48. The highest BCUT2D eigenvalue weighted by molar-refractivity contribution is 7.11. The first kappa shape index (κ1) is 10.7. The first-order valence-electron chi connectivity index (χ1n) is 4.66. The molecule has 0 amide bonds. The molecular formula is C10H17NOS. The molecule has 0 saturated carbocycles. The van der Waals surface area contributed by atoms with Gasteiger partial charge in [0.25, 0.3) is 0 Å². The van der Waals surface area contributed by atoms with Crippen molar-refractivity contribution in [2.24, 2.45) is 0 Å². The van der Waals surface area contributed by atoms with Gasteiger partial charge in [0, 0.05) is 13.0 Å². The Morgan fingerprint density at radius 2 is 2.15 bits per heavy atom. The molecule has 1 rings (SSSR count). The Bertz CT molecular complexity index is 268. The first-order valence-corrected chi connectivity index (χ1v) is 5.48. The maximum absolute atomic E-state index is 5.13. The van der Waals surface area contributed by atoms with E-state index in [1.807, 2.05) is 0 Å². The van der Waals surface area contributed by atoms with Crippen LogP contribution in [-0.4, -0.2) is 12.1 Å². The number of ether oxygens (including phenoxy) is 1.